The number of para-hydroxylation sites is 2. The maximum absolute atomic E-state index is 12.9. The Labute approximate surface area is 170 Å². The molecule has 0 aliphatic carbocycles. The molecule has 144 valence electrons. The van der Waals surface area contributed by atoms with E-state index in [0.717, 1.165) is 21.9 Å². The smallest absolute Gasteiger partial charge is 0.238 e. The number of nitrogens with one attached hydrogen (secondary N) is 1. The fourth-order valence-corrected chi connectivity index (χ4v) is 4.91. The van der Waals surface area contributed by atoms with E-state index in [1.54, 1.807) is 18.4 Å². The van der Waals surface area contributed by atoms with Crippen molar-refractivity contribution >= 4 is 50.4 Å². The van der Waals surface area contributed by atoms with Crippen LogP contribution >= 0.6 is 23.1 Å². The molecule has 0 saturated heterocycles. The molecule has 0 spiro atoms. The lowest BCUT2D eigenvalue weighted by atomic mass is 10.2. The van der Waals surface area contributed by atoms with Gasteiger partial charge in [-0.2, -0.15) is 0 Å². The lowest BCUT2D eigenvalue weighted by Crippen LogP contribution is -2.25. The van der Waals surface area contributed by atoms with Crippen LogP contribution in [0.25, 0.3) is 15.7 Å². The molecule has 0 unspecified atom stereocenters. The third-order valence-corrected chi connectivity index (χ3v) is 6.73. The van der Waals surface area contributed by atoms with Gasteiger partial charge in [-0.25, -0.2) is 0 Å². The van der Waals surface area contributed by atoms with E-state index in [4.69, 9.17) is 4.74 Å². The molecular weight excluding hydrogens is 392 g/mol. The number of ether oxygens (including phenoxy) is 1. The number of nitrogens with zero attached hydrogens (tertiary/aromatic N) is 3. The predicted molar refractivity (Wildman–Crippen MR) is 115 cm³/mol. The van der Waals surface area contributed by atoms with Crippen molar-refractivity contribution in [1.29, 1.82) is 0 Å². The minimum absolute atomic E-state index is 0.0779. The van der Waals surface area contributed by atoms with Crippen molar-refractivity contribution in [2.24, 2.45) is 0 Å². The third kappa shape index (κ3) is 3.33. The van der Waals surface area contributed by atoms with E-state index in [9.17, 15) is 4.79 Å². The largest absolute Gasteiger partial charge is 0.495 e. The highest BCUT2D eigenvalue weighted by Crippen LogP contribution is 2.34. The molecule has 4 aromatic rings. The summed E-state index contributed by atoms with van der Waals surface area (Å²) in [6, 6.07) is 11.6. The van der Waals surface area contributed by atoms with E-state index in [2.05, 4.69) is 37.4 Å². The van der Waals surface area contributed by atoms with Gasteiger partial charge in [0, 0.05) is 0 Å². The van der Waals surface area contributed by atoms with Crippen LogP contribution in [0.4, 0.5) is 5.69 Å². The van der Waals surface area contributed by atoms with Gasteiger partial charge < -0.3 is 10.1 Å². The Balaban J connectivity index is 1.63. The fourth-order valence-electron chi connectivity index (χ4n) is 3.15. The molecule has 0 fully saturated rings. The average molecular weight is 413 g/mol. The van der Waals surface area contributed by atoms with Gasteiger partial charge in [0.15, 0.2) is 0 Å². The number of anilines is 1. The molecule has 1 amide bonds. The second-order valence-corrected chi connectivity index (χ2v) is 8.43. The first-order chi connectivity index (χ1) is 13.6. The van der Waals surface area contributed by atoms with Crippen molar-refractivity contribution in [1.82, 2.24) is 14.6 Å². The molecule has 1 aromatic carbocycles. The first kappa shape index (κ1) is 18.8. The van der Waals surface area contributed by atoms with Crippen LogP contribution in [0, 0.1) is 6.92 Å². The van der Waals surface area contributed by atoms with Gasteiger partial charge in [-0.15, -0.1) is 21.5 Å². The first-order valence-corrected chi connectivity index (χ1v) is 10.7. The number of benzene rings is 1. The molecule has 1 atom stereocenters. The lowest BCUT2D eigenvalue weighted by molar-refractivity contribution is -0.115. The highest BCUT2D eigenvalue weighted by molar-refractivity contribution is 8.00. The quantitative estimate of drug-likeness (QED) is 0.462. The summed E-state index contributed by atoms with van der Waals surface area (Å²) in [5, 5.41) is 14.2. The van der Waals surface area contributed by atoms with Gasteiger partial charge in [0.05, 0.1) is 33.8 Å². The topological polar surface area (TPSA) is 68.5 Å². The Kier molecular flexibility index (Phi) is 5.23. The summed E-state index contributed by atoms with van der Waals surface area (Å²) in [6.07, 6.45) is 0.669. The van der Waals surface area contributed by atoms with E-state index in [1.807, 2.05) is 38.1 Å². The second-order valence-electron chi connectivity index (χ2n) is 6.29. The molecule has 28 heavy (non-hydrogen) atoms. The highest BCUT2D eigenvalue weighted by atomic mass is 32.2. The van der Waals surface area contributed by atoms with Crippen LogP contribution in [0.3, 0.4) is 0 Å². The second kappa shape index (κ2) is 7.81. The summed E-state index contributed by atoms with van der Waals surface area (Å²) in [6.45, 7) is 3.94. The number of rotatable bonds is 6. The zero-order chi connectivity index (χ0) is 19.7. The van der Waals surface area contributed by atoms with Crippen molar-refractivity contribution in [2.45, 2.75) is 30.5 Å². The lowest BCUT2D eigenvalue weighted by Gasteiger charge is -2.16. The number of amides is 1. The van der Waals surface area contributed by atoms with Gasteiger partial charge in [-0.1, -0.05) is 30.8 Å². The van der Waals surface area contributed by atoms with Gasteiger partial charge in [-0.3, -0.25) is 9.20 Å². The molecular formula is C20H20N4O2S2. The maximum Gasteiger partial charge on any atom is 0.238 e. The third-order valence-electron chi connectivity index (χ3n) is 4.53. The van der Waals surface area contributed by atoms with Crippen molar-refractivity contribution in [3.8, 4) is 5.75 Å². The average Bonchev–Trinajstić information content (AvgIpc) is 3.29. The first-order valence-electron chi connectivity index (χ1n) is 8.94. The zero-order valence-corrected chi connectivity index (χ0v) is 17.4. The zero-order valence-electron chi connectivity index (χ0n) is 15.8. The fraction of sp³-hybridized carbons (Fsp3) is 0.250. The van der Waals surface area contributed by atoms with Crippen molar-refractivity contribution in [3.63, 3.8) is 0 Å². The Bertz CT molecular complexity index is 1150. The molecule has 3 aromatic heterocycles. The van der Waals surface area contributed by atoms with Crippen LogP contribution in [-0.2, 0) is 4.79 Å². The van der Waals surface area contributed by atoms with Crippen LogP contribution in [-0.4, -0.2) is 32.9 Å². The number of aromatic nitrogens is 3. The molecule has 3 heterocycles. The molecule has 0 saturated carbocycles. The van der Waals surface area contributed by atoms with Crippen LogP contribution in [0.5, 0.6) is 5.75 Å². The normalized spacial score (nSPS) is 12.4. The minimum atomic E-state index is -0.293. The van der Waals surface area contributed by atoms with E-state index in [0.29, 0.717) is 17.9 Å². The standard InChI is InChI=1S/C20H20N4O2S2/c1-4-17(19(25)21-13-7-5-6-8-16(13)26-3)28-20-15-11-18-14(9-10-27-18)24(15)12(2)22-23-20/h5-11,17H,4H2,1-3H3,(H,21,25)/t17-/m1/s1. The summed E-state index contributed by atoms with van der Waals surface area (Å²) in [7, 11) is 1.59. The Morgan fingerprint density at radius 2 is 2.11 bits per heavy atom. The van der Waals surface area contributed by atoms with E-state index in [-0.39, 0.29) is 11.2 Å². The van der Waals surface area contributed by atoms with Gasteiger partial charge in [0.2, 0.25) is 5.91 Å². The monoisotopic (exact) mass is 412 g/mol. The van der Waals surface area contributed by atoms with Gasteiger partial charge in [0.1, 0.15) is 16.6 Å². The Morgan fingerprint density at radius 1 is 1.29 bits per heavy atom. The van der Waals surface area contributed by atoms with Crippen LogP contribution in [0.1, 0.15) is 19.2 Å². The molecule has 1 N–H and O–H groups in total. The molecule has 0 radical (unpaired) electrons. The van der Waals surface area contributed by atoms with Crippen LogP contribution < -0.4 is 10.1 Å². The van der Waals surface area contributed by atoms with Crippen LogP contribution in [0.2, 0.25) is 0 Å². The summed E-state index contributed by atoms with van der Waals surface area (Å²) >= 11 is 3.13. The number of carbonyl (C=O) groups excluding carboxylic acids is 1. The van der Waals surface area contributed by atoms with Crippen LogP contribution in [0.15, 0.2) is 46.8 Å². The summed E-state index contributed by atoms with van der Waals surface area (Å²) in [4.78, 5) is 12.9. The number of aryl methyl sites for hydroxylation is 1. The van der Waals surface area contributed by atoms with E-state index >= 15 is 0 Å². The van der Waals surface area contributed by atoms with Crippen molar-refractivity contribution in [3.05, 3.63) is 47.6 Å². The minimum Gasteiger partial charge on any atom is -0.495 e. The summed E-state index contributed by atoms with van der Waals surface area (Å²) < 4.78 is 8.62. The van der Waals surface area contributed by atoms with Gasteiger partial charge >= 0.3 is 0 Å². The molecule has 0 aliphatic rings. The highest BCUT2D eigenvalue weighted by Gasteiger charge is 2.22. The molecule has 6 nitrogen and oxygen atoms in total. The number of fused-ring (bicyclic) bond motifs is 3. The van der Waals surface area contributed by atoms with E-state index in [1.165, 1.54) is 16.5 Å². The van der Waals surface area contributed by atoms with Crippen molar-refractivity contribution in [2.75, 3.05) is 12.4 Å². The number of thiophene rings is 1. The van der Waals surface area contributed by atoms with E-state index < -0.39 is 0 Å². The molecule has 4 rings (SSSR count). The summed E-state index contributed by atoms with van der Waals surface area (Å²) in [5.41, 5.74) is 2.78. The number of hydrogen-bond donors (Lipinski definition) is 1. The number of thioether (sulfide) groups is 1. The Hall–Kier alpha value is -2.58. The number of methoxy groups -OCH3 is 1. The molecule has 0 bridgehead atoms. The molecule has 8 heteroatoms. The maximum atomic E-state index is 12.9. The van der Waals surface area contributed by atoms with Gasteiger partial charge in [0.25, 0.3) is 0 Å². The SMILES string of the molecule is CC[C@@H](Sc1nnc(C)n2c1cc1sccc12)C(=O)Nc1ccccc1OC. The van der Waals surface area contributed by atoms with Crippen molar-refractivity contribution < 1.29 is 9.53 Å². The Morgan fingerprint density at radius 3 is 2.89 bits per heavy atom. The predicted octanol–water partition coefficient (Wildman–Crippen LogP) is 4.77. The summed E-state index contributed by atoms with van der Waals surface area (Å²) in [5.74, 6) is 1.39. The number of carbonyl (C=O) groups is 1. The van der Waals surface area contributed by atoms with Gasteiger partial charge in [-0.05, 0) is 43.0 Å². The molecule has 0 aliphatic heterocycles. The number of hydrogen-bond acceptors (Lipinski definition) is 6.